The molecular weight excluding hydrogens is 262 g/mol. The van der Waals surface area contributed by atoms with E-state index < -0.39 is 0 Å². The zero-order chi connectivity index (χ0) is 14.8. The number of ketones is 1. The first-order valence-electron chi connectivity index (χ1n) is 7.31. The van der Waals surface area contributed by atoms with Crippen molar-refractivity contribution in [3.05, 3.63) is 53.6 Å². The van der Waals surface area contributed by atoms with E-state index in [4.69, 9.17) is 0 Å². The first-order chi connectivity index (χ1) is 10.2. The van der Waals surface area contributed by atoms with E-state index in [1.54, 1.807) is 6.07 Å². The molecule has 1 heterocycles. The molecule has 1 aliphatic heterocycles. The first kappa shape index (κ1) is 13.8. The minimum atomic E-state index is 0.0735. The maximum Gasteiger partial charge on any atom is 0.167 e. The van der Waals surface area contributed by atoms with Crippen molar-refractivity contribution in [2.24, 2.45) is 5.92 Å². The van der Waals surface area contributed by atoms with Gasteiger partial charge in [-0.1, -0.05) is 30.3 Å². The summed E-state index contributed by atoms with van der Waals surface area (Å²) < 4.78 is 0. The van der Waals surface area contributed by atoms with Crippen LogP contribution in [0.3, 0.4) is 0 Å². The van der Waals surface area contributed by atoms with Crippen LogP contribution >= 0.6 is 0 Å². The Labute approximate surface area is 124 Å². The monoisotopic (exact) mass is 281 g/mol. The Morgan fingerprint density at radius 2 is 2.05 bits per heavy atom. The Morgan fingerprint density at radius 1 is 1.24 bits per heavy atom. The Bertz CT molecular complexity index is 673. The van der Waals surface area contributed by atoms with Gasteiger partial charge < -0.3 is 10.4 Å². The van der Waals surface area contributed by atoms with Crippen LogP contribution < -0.4 is 5.32 Å². The number of hydrogen-bond acceptors (Lipinski definition) is 3. The lowest BCUT2D eigenvalue weighted by Gasteiger charge is -2.13. The largest absolute Gasteiger partial charge is 0.508 e. The Morgan fingerprint density at radius 3 is 2.76 bits per heavy atom. The molecule has 1 aliphatic rings. The summed E-state index contributed by atoms with van der Waals surface area (Å²) in [5.41, 5.74) is 3.51. The molecule has 1 atom stereocenters. The van der Waals surface area contributed by atoms with E-state index in [0.29, 0.717) is 0 Å². The molecule has 0 spiro atoms. The predicted molar refractivity (Wildman–Crippen MR) is 83.6 cm³/mol. The van der Waals surface area contributed by atoms with Gasteiger partial charge in [-0.25, -0.2) is 0 Å². The molecule has 2 N–H and O–H groups in total. The molecule has 108 valence electrons. The second-order valence-electron chi connectivity index (χ2n) is 5.60. The van der Waals surface area contributed by atoms with Crippen molar-refractivity contribution >= 4 is 5.78 Å². The minimum Gasteiger partial charge on any atom is -0.508 e. The van der Waals surface area contributed by atoms with Crippen LogP contribution in [0.1, 0.15) is 22.3 Å². The van der Waals surface area contributed by atoms with Crippen molar-refractivity contribution < 1.29 is 9.90 Å². The van der Waals surface area contributed by atoms with Crippen molar-refractivity contribution in [3.8, 4) is 16.9 Å². The van der Waals surface area contributed by atoms with Crippen LogP contribution in [-0.4, -0.2) is 24.0 Å². The SMILES string of the molecule is Cc1cc(-c2ccccc2C(=O)C2CCNC2)ccc1O. The number of Topliss-reactive ketones (excluding diaryl/α,β-unsaturated/α-hetero) is 1. The second kappa shape index (κ2) is 5.70. The normalized spacial score (nSPS) is 17.9. The molecule has 1 unspecified atom stereocenters. The number of phenols is 1. The van der Waals surface area contributed by atoms with E-state index in [1.165, 1.54) is 0 Å². The average Bonchev–Trinajstić information content (AvgIpc) is 3.04. The summed E-state index contributed by atoms with van der Waals surface area (Å²) in [5, 5.41) is 12.9. The van der Waals surface area contributed by atoms with Gasteiger partial charge in [-0.05, 0) is 48.7 Å². The summed E-state index contributed by atoms with van der Waals surface area (Å²) in [6, 6.07) is 13.2. The highest BCUT2D eigenvalue weighted by molar-refractivity contribution is 6.04. The van der Waals surface area contributed by atoms with Crippen molar-refractivity contribution in [3.63, 3.8) is 0 Å². The number of rotatable bonds is 3. The third-order valence-electron chi connectivity index (χ3n) is 4.13. The highest BCUT2D eigenvalue weighted by atomic mass is 16.3. The molecule has 0 radical (unpaired) electrons. The fraction of sp³-hybridized carbons (Fsp3) is 0.278. The van der Waals surface area contributed by atoms with Crippen LogP contribution in [0.2, 0.25) is 0 Å². The Balaban J connectivity index is 2.02. The molecule has 0 bridgehead atoms. The second-order valence-corrected chi connectivity index (χ2v) is 5.60. The number of carbonyl (C=O) groups excluding carboxylic acids is 1. The third-order valence-corrected chi connectivity index (χ3v) is 4.13. The minimum absolute atomic E-state index is 0.0735. The quantitative estimate of drug-likeness (QED) is 0.850. The summed E-state index contributed by atoms with van der Waals surface area (Å²) in [5.74, 6) is 0.563. The van der Waals surface area contributed by atoms with Crippen molar-refractivity contribution in [2.45, 2.75) is 13.3 Å². The van der Waals surface area contributed by atoms with E-state index in [9.17, 15) is 9.90 Å². The fourth-order valence-electron chi connectivity index (χ4n) is 2.87. The van der Waals surface area contributed by atoms with Crippen LogP contribution in [0.4, 0.5) is 0 Å². The van der Waals surface area contributed by atoms with E-state index in [-0.39, 0.29) is 17.5 Å². The molecule has 2 aromatic rings. The smallest absolute Gasteiger partial charge is 0.167 e. The lowest BCUT2D eigenvalue weighted by molar-refractivity contribution is 0.0931. The topological polar surface area (TPSA) is 49.3 Å². The molecule has 3 heteroatoms. The number of aryl methyl sites for hydroxylation is 1. The number of phenolic OH excluding ortho intramolecular Hbond substituents is 1. The zero-order valence-electron chi connectivity index (χ0n) is 12.1. The van der Waals surface area contributed by atoms with Crippen LogP contribution in [0.25, 0.3) is 11.1 Å². The highest BCUT2D eigenvalue weighted by Crippen LogP contribution is 2.30. The van der Waals surface area contributed by atoms with Gasteiger partial charge in [0.1, 0.15) is 5.75 Å². The number of carbonyl (C=O) groups is 1. The van der Waals surface area contributed by atoms with Gasteiger partial charge in [-0.3, -0.25) is 4.79 Å². The summed E-state index contributed by atoms with van der Waals surface area (Å²) in [4.78, 5) is 12.7. The molecule has 2 aromatic carbocycles. The molecule has 21 heavy (non-hydrogen) atoms. The summed E-state index contributed by atoms with van der Waals surface area (Å²) >= 11 is 0. The molecule has 1 fully saturated rings. The van der Waals surface area contributed by atoms with Crippen molar-refractivity contribution in [1.82, 2.24) is 5.32 Å². The lowest BCUT2D eigenvalue weighted by Crippen LogP contribution is -2.18. The molecule has 3 rings (SSSR count). The number of benzene rings is 2. The maximum absolute atomic E-state index is 12.7. The number of hydrogen-bond donors (Lipinski definition) is 2. The molecule has 0 aromatic heterocycles. The van der Waals surface area contributed by atoms with E-state index >= 15 is 0 Å². The lowest BCUT2D eigenvalue weighted by atomic mass is 9.90. The molecule has 3 nitrogen and oxygen atoms in total. The van der Waals surface area contributed by atoms with Gasteiger partial charge in [0.15, 0.2) is 5.78 Å². The van der Waals surface area contributed by atoms with Gasteiger partial charge in [0.05, 0.1) is 0 Å². The standard InChI is InChI=1S/C18H19NO2/c1-12-10-13(6-7-17(12)20)15-4-2-3-5-16(15)18(21)14-8-9-19-11-14/h2-7,10,14,19-20H,8-9,11H2,1H3. The highest BCUT2D eigenvalue weighted by Gasteiger charge is 2.25. The fourth-order valence-corrected chi connectivity index (χ4v) is 2.87. The first-order valence-corrected chi connectivity index (χ1v) is 7.31. The molecule has 0 saturated carbocycles. The van der Waals surface area contributed by atoms with Gasteiger partial charge in [0.25, 0.3) is 0 Å². The molecule has 0 aliphatic carbocycles. The number of nitrogens with one attached hydrogen (secondary N) is 1. The molecular formula is C18H19NO2. The van der Waals surface area contributed by atoms with Crippen LogP contribution in [0, 0.1) is 12.8 Å². The van der Waals surface area contributed by atoms with E-state index in [1.807, 2.05) is 43.3 Å². The summed E-state index contributed by atoms with van der Waals surface area (Å²) in [6.45, 7) is 3.54. The summed E-state index contributed by atoms with van der Waals surface area (Å²) in [7, 11) is 0. The summed E-state index contributed by atoms with van der Waals surface area (Å²) in [6.07, 6.45) is 0.905. The molecule has 0 amide bonds. The number of aromatic hydroxyl groups is 1. The van der Waals surface area contributed by atoms with Gasteiger partial charge >= 0.3 is 0 Å². The van der Waals surface area contributed by atoms with E-state index in [0.717, 1.165) is 41.8 Å². The third kappa shape index (κ3) is 2.69. The maximum atomic E-state index is 12.7. The van der Waals surface area contributed by atoms with Gasteiger partial charge in [0, 0.05) is 18.0 Å². The van der Waals surface area contributed by atoms with Crippen LogP contribution in [-0.2, 0) is 0 Å². The van der Waals surface area contributed by atoms with Gasteiger partial charge in [-0.2, -0.15) is 0 Å². The van der Waals surface area contributed by atoms with Crippen molar-refractivity contribution in [2.75, 3.05) is 13.1 Å². The van der Waals surface area contributed by atoms with E-state index in [2.05, 4.69) is 5.32 Å². The average molecular weight is 281 g/mol. The predicted octanol–water partition coefficient (Wildman–Crippen LogP) is 3.16. The van der Waals surface area contributed by atoms with Gasteiger partial charge in [0.2, 0.25) is 0 Å². The van der Waals surface area contributed by atoms with Gasteiger partial charge in [-0.15, -0.1) is 0 Å². The zero-order valence-corrected chi connectivity index (χ0v) is 12.1. The Kier molecular flexibility index (Phi) is 3.76. The Hall–Kier alpha value is -2.13. The molecule has 1 saturated heterocycles. The van der Waals surface area contributed by atoms with Crippen LogP contribution in [0.5, 0.6) is 5.75 Å². The van der Waals surface area contributed by atoms with Crippen molar-refractivity contribution in [1.29, 1.82) is 0 Å². The van der Waals surface area contributed by atoms with Crippen LogP contribution in [0.15, 0.2) is 42.5 Å².